The van der Waals surface area contributed by atoms with Crippen LogP contribution < -0.4 is 20.1 Å². The van der Waals surface area contributed by atoms with E-state index in [0.29, 0.717) is 28.8 Å². The van der Waals surface area contributed by atoms with Crippen LogP contribution in [-0.4, -0.2) is 19.2 Å². The Morgan fingerprint density at radius 1 is 1.26 bits per heavy atom. The summed E-state index contributed by atoms with van der Waals surface area (Å²) < 4.78 is 10.5. The lowest BCUT2D eigenvalue weighted by molar-refractivity contribution is -0.682. The number of nitrogens with one attached hydrogen (secondary N) is 1. The van der Waals surface area contributed by atoms with E-state index in [2.05, 4.69) is 5.32 Å². The third-order valence-corrected chi connectivity index (χ3v) is 4.05. The molecule has 1 aliphatic rings. The number of amides is 1. The molecule has 2 aromatic carbocycles. The van der Waals surface area contributed by atoms with Crippen molar-refractivity contribution in [1.29, 1.82) is 0 Å². The van der Waals surface area contributed by atoms with Gasteiger partial charge in [0.25, 0.3) is 5.91 Å². The summed E-state index contributed by atoms with van der Waals surface area (Å²) in [5, 5.41) is 5.52. The molecule has 0 fully saturated rings. The van der Waals surface area contributed by atoms with Crippen LogP contribution in [0.15, 0.2) is 42.5 Å². The van der Waals surface area contributed by atoms with Crippen molar-refractivity contribution in [3.63, 3.8) is 0 Å². The Labute approximate surface area is 139 Å². The van der Waals surface area contributed by atoms with E-state index in [4.69, 9.17) is 21.1 Å². The van der Waals surface area contributed by atoms with Gasteiger partial charge < -0.3 is 20.1 Å². The molecule has 0 saturated carbocycles. The molecular weight excluding hydrogens is 316 g/mol. The van der Waals surface area contributed by atoms with Crippen molar-refractivity contribution in [2.75, 3.05) is 18.7 Å². The lowest BCUT2D eigenvalue weighted by atomic mass is 10.1. The first-order valence-corrected chi connectivity index (χ1v) is 7.78. The van der Waals surface area contributed by atoms with Crippen LogP contribution in [0.5, 0.6) is 11.5 Å². The number of benzene rings is 2. The highest BCUT2D eigenvalue weighted by molar-refractivity contribution is 6.31. The number of nitrogens with two attached hydrogens (primary N) is 1. The van der Waals surface area contributed by atoms with E-state index in [0.717, 1.165) is 5.56 Å². The second-order valence-electron chi connectivity index (χ2n) is 5.37. The number of hydrogen-bond donors (Lipinski definition) is 2. The van der Waals surface area contributed by atoms with Gasteiger partial charge in [-0.2, -0.15) is 0 Å². The molecule has 0 aromatic heterocycles. The number of ether oxygens (including phenoxy) is 2. The Kier molecular flexibility index (Phi) is 4.69. The molecule has 120 valence electrons. The third-order valence-electron chi connectivity index (χ3n) is 3.71. The summed E-state index contributed by atoms with van der Waals surface area (Å²) in [6.07, 6.45) is 0. The van der Waals surface area contributed by atoms with Crippen molar-refractivity contribution >= 4 is 23.2 Å². The quantitative estimate of drug-likeness (QED) is 0.882. The minimum Gasteiger partial charge on any atom is -0.454 e. The van der Waals surface area contributed by atoms with Crippen LogP contribution >= 0.6 is 11.6 Å². The standard InChI is InChI=1S/C17H17ClN2O3/c1-11(13-4-2-3-5-14(13)18)19-9-17(21)20-12-6-7-15-16(8-12)23-10-22-15/h2-8,11,19H,9-10H2,1H3,(H,20,21)/p+1/t11-/m1/s1. The third kappa shape index (κ3) is 3.75. The van der Waals surface area contributed by atoms with Gasteiger partial charge in [-0.15, -0.1) is 0 Å². The van der Waals surface area contributed by atoms with E-state index >= 15 is 0 Å². The van der Waals surface area contributed by atoms with Gasteiger partial charge in [-0.25, -0.2) is 0 Å². The van der Waals surface area contributed by atoms with E-state index < -0.39 is 0 Å². The van der Waals surface area contributed by atoms with Gasteiger partial charge in [0.05, 0.1) is 0 Å². The molecular formula is C17H18ClN2O3+. The van der Waals surface area contributed by atoms with Gasteiger partial charge in [0.2, 0.25) is 6.79 Å². The van der Waals surface area contributed by atoms with Gasteiger partial charge in [-0.3, -0.25) is 4.79 Å². The summed E-state index contributed by atoms with van der Waals surface area (Å²) in [6.45, 7) is 2.55. The molecule has 1 aliphatic heterocycles. The van der Waals surface area contributed by atoms with Gasteiger partial charge in [0.15, 0.2) is 18.0 Å². The highest BCUT2D eigenvalue weighted by atomic mass is 35.5. The number of halogens is 1. The second kappa shape index (κ2) is 6.89. The van der Waals surface area contributed by atoms with Crippen LogP contribution in [0, 0.1) is 0 Å². The fourth-order valence-corrected chi connectivity index (χ4v) is 2.75. The maximum Gasteiger partial charge on any atom is 0.279 e. The molecule has 6 heteroatoms. The van der Waals surface area contributed by atoms with Crippen LogP contribution in [0.3, 0.4) is 0 Å². The van der Waals surface area contributed by atoms with Crippen molar-refractivity contribution in [2.45, 2.75) is 13.0 Å². The Bertz CT molecular complexity index is 721. The molecule has 1 heterocycles. The highest BCUT2D eigenvalue weighted by Crippen LogP contribution is 2.34. The van der Waals surface area contributed by atoms with E-state index in [1.807, 2.05) is 36.5 Å². The number of rotatable bonds is 5. The predicted molar refractivity (Wildman–Crippen MR) is 87.9 cm³/mol. The van der Waals surface area contributed by atoms with Crippen LogP contribution in [-0.2, 0) is 4.79 Å². The predicted octanol–water partition coefficient (Wildman–Crippen LogP) is 2.33. The molecule has 0 aliphatic carbocycles. The number of quaternary nitrogens is 1. The van der Waals surface area contributed by atoms with Crippen LogP contribution in [0.4, 0.5) is 5.69 Å². The molecule has 0 saturated heterocycles. The zero-order chi connectivity index (χ0) is 16.2. The SMILES string of the molecule is C[C@@H]([NH2+]CC(=O)Nc1ccc2c(c1)OCO2)c1ccccc1Cl. The molecule has 0 unspecified atom stereocenters. The maximum absolute atomic E-state index is 12.1. The molecule has 0 radical (unpaired) electrons. The number of anilines is 1. The van der Waals surface area contributed by atoms with Gasteiger partial charge >= 0.3 is 0 Å². The minimum absolute atomic E-state index is 0.0808. The van der Waals surface area contributed by atoms with Crippen molar-refractivity contribution in [1.82, 2.24) is 0 Å². The van der Waals surface area contributed by atoms with Crippen LogP contribution in [0.25, 0.3) is 0 Å². The zero-order valence-electron chi connectivity index (χ0n) is 12.7. The average Bonchev–Trinajstić information content (AvgIpc) is 3.01. The molecule has 0 bridgehead atoms. The number of carbonyl (C=O) groups is 1. The average molecular weight is 334 g/mol. The summed E-state index contributed by atoms with van der Waals surface area (Å²) in [7, 11) is 0. The fraction of sp³-hybridized carbons (Fsp3) is 0.235. The lowest BCUT2D eigenvalue weighted by Crippen LogP contribution is -2.86. The number of carbonyl (C=O) groups excluding carboxylic acids is 1. The van der Waals surface area contributed by atoms with Crippen molar-refractivity contribution < 1.29 is 19.6 Å². The molecule has 1 amide bonds. The van der Waals surface area contributed by atoms with Crippen molar-refractivity contribution in [3.8, 4) is 11.5 Å². The van der Waals surface area contributed by atoms with E-state index in [1.165, 1.54) is 0 Å². The summed E-state index contributed by atoms with van der Waals surface area (Å²) in [6, 6.07) is 13.1. The largest absolute Gasteiger partial charge is 0.454 e. The fourth-order valence-electron chi connectivity index (χ4n) is 2.44. The van der Waals surface area contributed by atoms with Gasteiger partial charge in [-0.1, -0.05) is 29.8 Å². The topological polar surface area (TPSA) is 64.2 Å². The summed E-state index contributed by atoms with van der Waals surface area (Å²) in [5.74, 6) is 1.26. The second-order valence-corrected chi connectivity index (χ2v) is 5.77. The number of hydrogen-bond acceptors (Lipinski definition) is 3. The highest BCUT2D eigenvalue weighted by Gasteiger charge is 2.16. The Balaban J connectivity index is 1.54. The first kappa shape index (κ1) is 15.6. The summed E-state index contributed by atoms with van der Waals surface area (Å²) >= 11 is 6.17. The van der Waals surface area contributed by atoms with Gasteiger partial charge in [0, 0.05) is 22.3 Å². The van der Waals surface area contributed by atoms with E-state index in [9.17, 15) is 4.79 Å². The molecule has 5 nitrogen and oxygen atoms in total. The Morgan fingerprint density at radius 3 is 2.87 bits per heavy atom. The van der Waals surface area contributed by atoms with Crippen molar-refractivity contribution in [3.05, 3.63) is 53.1 Å². The number of fused-ring (bicyclic) bond motifs is 1. The Hall–Kier alpha value is -2.24. The summed E-state index contributed by atoms with van der Waals surface area (Å²) in [5.41, 5.74) is 1.71. The smallest absolute Gasteiger partial charge is 0.279 e. The first-order chi connectivity index (χ1) is 11.1. The zero-order valence-corrected chi connectivity index (χ0v) is 13.5. The monoisotopic (exact) mass is 333 g/mol. The molecule has 1 atom stereocenters. The van der Waals surface area contributed by atoms with E-state index in [-0.39, 0.29) is 18.7 Å². The lowest BCUT2D eigenvalue weighted by Gasteiger charge is -2.12. The van der Waals surface area contributed by atoms with Crippen molar-refractivity contribution in [2.24, 2.45) is 0 Å². The van der Waals surface area contributed by atoms with E-state index in [1.54, 1.807) is 18.2 Å². The minimum atomic E-state index is -0.0808. The van der Waals surface area contributed by atoms with Crippen LogP contribution in [0.1, 0.15) is 18.5 Å². The maximum atomic E-state index is 12.1. The van der Waals surface area contributed by atoms with Gasteiger partial charge in [0.1, 0.15) is 6.04 Å². The first-order valence-electron chi connectivity index (χ1n) is 7.41. The van der Waals surface area contributed by atoms with Crippen LogP contribution in [0.2, 0.25) is 5.02 Å². The normalized spacial score (nSPS) is 13.7. The summed E-state index contributed by atoms with van der Waals surface area (Å²) in [4.78, 5) is 12.1. The molecule has 23 heavy (non-hydrogen) atoms. The molecule has 3 rings (SSSR count). The molecule has 2 aromatic rings. The Morgan fingerprint density at radius 2 is 2.04 bits per heavy atom. The van der Waals surface area contributed by atoms with Gasteiger partial charge in [-0.05, 0) is 25.1 Å². The molecule has 3 N–H and O–H groups in total. The molecule has 0 spiro atoms.